The van der Waals surface area contributed by atoms with Crippen molar-refractivity contribution in [3.8, 4) is 0 Å². The molecule has 1 amide bonds. The molecule has 1 aliphatic rings. The van der Waals surface area contributed by atoms with Crippen LogP contribution in [0.4, 0.5) is 0 Å². The van der Waals surface area contributed by atoms with Crippen molar-refractivity contribution in [2.24, 2.45) is 0 Å². The first kappa shape index (κ1) is 14.1. The molecule has 21 heavy (non-hydrogen) atoms. The van der Waals surface area contributed by atoms with Crippen molar-refractivity contribution in [3.63, 3.8) is 0 Å². The molecule has 1 aromatic carbocycles. The van der Waals surface area contributed by atoms with E-state index >= 15 is 0 Å². The average Bonchev–Trinajstić information content (AvgIpc) is 2.70. The number of hydrogen-bond acceptors (Lipinski definition) is 3. The Morgan fingerprint density at radius 3 is 2.67 bits per heavy atom. The topological polar surface area (TPSA) is 58.4 Å². The summed E-state index contributed by atoms with van der Waals surface area (Å²) in [5, 5.41) is 14.0. The van der Waals surface area contributed by atoms with Crippen LogP contribution >= 0.6 is 11.6 Å². The van der Waals surface area contributed by atoms with E-state index < -0.39 is 6.10 Å². The number of nitrogens with zero attached hydrogens (tertiary/aromatic N) is 3. The van der Waals surface area contributed by atoms with Gasteiger partial charge < -0.3 is 10.0 Å². The molecule has 1 aliphatic heterocycles. The summed E-state index contributed by atoms with van der Waals surface area (Å²) in [7, 11) is 0. The lowest BCUT2D eigenvalue weighted by Crippen LogP contribution is -2.53. The first-order valence-electron chi connectivity index (χ1n) is 6.80. The van der Waals surface area contributed by atoms with Gasteiger partial charge in [-0.1, -0.05) is 41.9 Å². The van der Waals surface area contributed by atoms with E-state index in [2.05, 4.69) is 5.10 Å². The van der Waals surface area contributed by atoms with Gasteiger partial charge in [0.15, 0.2) is 0 Å². The Morgan fingerprint density at radius 1 is 1.38 bits per heavy atom. The van der Waals surface area contributed by atoms with Crippen molar-refractivity contribution in [2.75, 3.05) is 13.1 Å². The van der Waals surface area contributed by atoms with Crippen LogP contribution in [0.25, 0.3) is 0 Å². The molecular formula is C15H16ClN3O2. The lowest BCUT2D eigenvalue weighted by molar-refractivity contribution is 0.00584. The second-order valence-electron chi connectivity index (χ2n) is 5.26. The number of amides is 1. The summed E-state index contributed by atoms with van der Waals surface area (Å²) in [6.45, 7) is 3.02. The van der Waals surface area contributed by atoms with Crippen LogP contribution in [-0.2, 0) is 6.54 Å². The van der Waals surface area contributed by atoms with E-state index in [1.807, 2.05) is 30.3 Å². The van der Waals surface area contributed by atoms with Crippen molar-refractivity contribution in [1.82, 2.24) is 14.7 Å². The zero-order valence-corrected chi connectivity index (χ0v) is 12.4. The van der Waals surface area contributed by atoms with Crippen LogP contribution in [0.15, 0.2) is 30.3 Å². The maximum absolute atomic E-state index is 12.4. The first-order valence-corrected chi connectivity index (χ1v) is 7.18. The van der Waals surface area contributed by atoms with Crippen molar-refractivity contribution in [1.29, 1.82) is 0 Å². The van der Waals surface area contributed by atoms with E-state index in [1.165, 1.54) is 0 Å². The highest BCUT2D eigenvalue weighted by atomic mass is 35.5. The summed E-state index contributed by atoms with van der Waals surface area (Å²) in [5.74, 6) is -0.165. The van der Waals surface area contributed by atoms with Gasteiger partial charge in [-0.15, -0.1) is 0 Å². The summed E-state index contributed by atoms with van der Waals surface area (Å²) in [6.07, 6.45) is -0.424. The zero-order valence-electron chi connectivity index (χ0n) is 11.7. The number of benzene rings is 1. The van der Waals surface area contributed by atoms with E-state index in [4.69, 9.17) is 11.6 Å². The molecule has 2 heterocycles. The molecule has 6 heteroatoms. The molecule has 1 fully saturated rings. The maximum atomic E-state index is 12.4. The second-order valence-corrected chi connectivity index (χ2v) is 5.62. The van der Waals surface area contributed by atoms with Crippen LogP contribution < -0.4 is 0 Å². The minimum Gasteiger partial charge on any atom is -0.389 e. The fourth-order valence-electron chi connectivity index (χ4n) is 2.44. The molecule has 1 aromatic heterocycles. The number of aryl methyl sites for hydroxylation is 1. The number of aliphatic hydroxyl groups excluding tert-OH is 1. The zero-order chi connectivity index (χ0) is 15.0. The normalized spacial score (nSPS) is 15.1. The highest BCUT2D eigenvalue weighted by Crippen LogP contribution is 2.24. The van der Waals surface area contributed by atoms with Crippen LogP contribution in [0.2, 0.25) is 5.15 Å². The number of likely N-dealkylation sites (tertiary alicyclic amines) is 1. The van der Waals surface area contributed by atoms with Gasteiger partial charge in [0.05, 0.1) is 23.9 Å². The van der Waals surface area contributed by atoms with Gasteiger partial charge in [0.2, 0.25) is 0 Å². The Morgan fingerprint density at radius 2 is 2.05 bits per heavy atom. The molecule has 3 rings (SSSR count). The van der Waals surface area contributed by atoms with E-state index in [0.717, 1.165) is 5.56 Å². The van der Waals surface area contributed by atoms with Gasteiger partial charge in [0.25, 0.3) is 5.91 Å². The molecular weight excluding hydrogens is 290 g/mol. The minimum absolute atomic E-state index is 0.165. The lowest BCUT2D eigenvalue weighted by atomic mass is 10.1. The van der Waals surface area contributed by atoms with Gasteiger partial charge in [-0.2, -0.15) is 5.10 Å². The second kappa shape index (κ2) is 5.50. The van der Waals surface area contributed by atoms with Crippen molar-refractivity contribution in [2.45, 2.75) is 19.6 Å². The Balaban J connectivity index is 1.84. The maximum Gasteiger partial charge on any atom is 0.259 e. The molecule has 0 spiro atoms. The number of β-amino-alcohol motifs (C(OH)–C–C–N with tert-alkyl or cyclic N) is 1. The SMILES string of the molecule is Cc1nn(Cc2ccccc2)c(Cl)c1C(=O)N1CC(O)C1. The Hall–Kier alpha value is -1.85. The number of halogens is 1. The Labute approximate surface area is 127 Å². The molecule has 0 bridgehead atoms. The summed E-state index contributed by atoms with van der Waals surface area (Å²) in [4.78, 5) is 13.9. The lowest BCUT2D eigenvalue weighted by Gasteiger charge is -2.35. The van der Waals surface area contributed by atoms with Gasteiger partial charge in [0, 0.05) is 13.1 Å². The molecule has 2 aromatic rings. The summed E-state index contributed by atoms with van der Waals surface area (Å²) >= 11 is 6.33. The summed E-state index contributed by atoms with van der Waals surface area (Å²) in [6, 6.07) is 9.82. The van der Waals surface area contributed by atoms with E-state index in [-0.39, 0.29) is 5.91 Å². The largest absolute Gasteiger partial charge is 0.389 e. The number of carbonyl (C=O) groups is 1. The van der Waals surface area contributed by atoms with Crippen LogP contribution in [0.1, 0.15) is 21.6 Å². The summed E-state index contributed by atoms with van der Waals surface area (Å²) < 4.78 is 1.63. The van der Waals surface area contributed by atoms with E-state index in [0.29, 0.717) is 36.0 Å². The Kier molecular flexibility index (Phi) is 3.69. The molecule has 0 aliphatic carbocycles. The quantitative estimate of drug-likeness (QED) is 0.939. The Bertz CT molecular complexity index is 663. The number of aromatic nitrogens is 2. The predicted molar refractivity (Wildman–Crippen MR) is 79.4 cm³/mol. The monoisotopic (exact) mass is 305 g/mol. The molecule has 0 saturated carbocycles. The number of hydrogen-bond donors (Lipinski definition) is 1. The first-order chi connectivity index (χ1) is 10.1. The fraction of sp³-hybridized carbons (Fsp3) is 0.333. The van der Waals surface area contributed by atoms with Gasteiger partial charge >= 0.3 is 0 Å². The molecule has 1 saturated heterocycles. The van der Waals surface area contributed by atoms with Crippen LogP contribution in [0, 0.1) is 6.92 Å². The van der Waals surface area contributed by atoms with Crippen LogP contribution in [-0.4, -0.2) is 44.9 Å². The van der Waals surface area contributed by atoms with E-state index in [9.17, 15) is 9.90 Å². The van der Waals surface area contributed by atoms with Gasteiger partial charge in [-0.25, -0.2) is 4.68 Å². The fourth-order valence-corrected chi connectivity index (χ4v) is 2.75. The molecule has 110 valence electrons. The standard InChI is InChI=1S/C15H16ClN3O2/c1-10-13(15(21)18-8-12(20)9-18)14(16)19(17-10)7-11-5-3-2-4-6-11/h2-6,12,20H,7-9H2,1H3. The molecule has 0 atom stereocenters. The van der Waals surface area contributed by atoms with Crippen molar-refractivity contribution >= 4 is 17.5 Å². The molecule has 5 nitrogen and oxygen atoms in total. The van der Waals surface area contributed by atoms with Crippen LogP contribution in [0.3, 0.4) is 0 Å². The van der Waals surface area contributed by atoms with Crippen LogP contribution in [0.5, 0.6) is 0 Å². The van der Waals surface area contributed by atoms with Crippen molar-refractivity contribution < 1.29 is 9.90 Å². The molecule has 0 unspecified atom stereocenters. The third-order valence-electron chi connectivity index (χ3n) is 3.60. The number of aliphatic hydroxyl groups is 1. The predicted octanol–water partition coefficient (Wildman–Crippen LogP) is 1.71. The number of rotatable bonds is 3. The average molecular weight is 306 g/mol. The third kappa shape index (κ3) is 2.66. The smallest absolute Gasteiger partial charge is 0.259 e. The third-order valence-corrected chi connectivity index (χ3v) is 3.99. The van der Waals surface area contributed by atoms with Crippen molar-refractivity contribution in [3.05, 3.63) is 52.3 Å². The molecule has 1 N–H and O–H groups in total. The number of carbonyl (C=O) groups excluding carboxylic acids is 1. The molecule has 0 radical (unpaired) electrons. The van der Waals surface area contributed by atoms with Gasteiger partial charge in [-0.3, -0.25) is 4.79 Å². The highest BCUT2D eigenvalue weighted by Gasteiger charge is 2.33. The highest BCUT2D eigenvalue weighted by molar-refractivity contribution is 6.33. The van der Waals surface area contributed by atoms with Gasteiger partial charge in [0.1, 0.15) is 5.15 Å². The minimum atomic E-state index is -0.424. The van der Waals surface area contributed by atoms with Gasteiger partial charge in [-0.05, 0) is 12.5 Å². The summed E-state index contributed by atoms with van der Waals surface area (Å²) in [5.41, 5.74) is 2.11. The van der Waals surface area contributed by atoms with E-state index in [1.54, 1.807) is 16.5 Å².